The third kappa shape index (κ3) is 6.24. The average Bonchev–Trinajstić information content (AvgIpc) is 2.77. The van der Waals surface area contributed by atoms with E-state index in [1.54, 1.807) is 49.5 Å². The van der Waals surface area contributed by atoms with Crippen molar-refractivity contribution in [1.82, 2.24) is 9.80 Å². The van der Waals surface area contributed by atoms with E-state index in [0.29, 0.717) is 49.8 Å². The molecule has 1 heterocycles. The minimum atomic E-state index is -4.35. The Morgan fingerprint density at radius 1 is 1.00 bits per heavy atom. The molecule has 5 nitrogen and oxygen atoms in total. The minimum absolute atomic E-state index is 0.111. The van der Waals surface area contributed by atoms with Crippen molar-refractivity contribution in [1.29, 1.82) is 0 Å². The van der Waals surface area contributed by atoms with E-state index in [4.69, 9.17) is 9.47 Å². The first-order valence-corrected chi connectivity index (χ1v) is 9.87. The third-order valence-corrected chi connectivity index (χ3v) is 5.14. The maximum atomic E-state index is 12.9. The van der Waals surface area contributed by atoms with Crippen LogP contribution >= 0.6 is 0 Å². The van der Waals surface area contributed by atoms with Crippen LogP contribution in [-0.4, -0.2) is 56.1 Å². The Hall–Kier alpha value is -3.00. The molecular formula is C23H25F3N2O3. The highest BCUT2D eigenvalue weighted by Crippen LogP contribution is 2.30. The molecule has 166 valence electrons. The van der Waals surface area contributed by atoms with E-state index in [-0.39, 0.29) is 5.91 Å². The monoisotopic (exact) mass is 434 g/mol. The number of ether oxygens (including phenoxy) is 2. The summed E-state index contributed by atoms with van der Waals surface area (Å²) in [4.78, 5) is 16.3. The maximum absolute atomic E-state index is 12.9. The van der Waals surface area contributed by atoms with Crippen LogP contribution in [0.1, 0.15) is 16.7 Å². The highest BCUT2D eigenvalue weighted by atomic mass is 19.4. The van der Waals surface area contributed by atoms with Crippen LogP contribution in [0.3, 0.4) is 0 Å². The maximum Gasteiger partial charge on any atom is 0.416 e. The molecule has 2 aromatic carbocycles. The van der Waals surface area contributed by atoms with Crippen molar-refractivity contribution in [3.05, 3.63) is 65.2 Å². The summed E-state index contributed by atoms with van der Waals surface area (Å²) in [7, 11) is 3.12. The summed E-state index contributed by atoms with van der Waals surface area (Å²) in [6.07, 6.45) is -1.13. The standard InChI is InChI=1S/C23H25F3N2O3/c1-30-20-13-17(14-21(15-20)31-2)6-7-22(29)28-10-8-27(9-11-28)16-18-4-3-5-19(12-18)23(24,25)26/h3-7,12-15H,8-11,16H2,1-2H3. The van der Waals surface area contributed by atoms with Crippen molar-refractivity contribution in [2.24, 2.45) is 0 Å². The lowest BCUT2D eigenvalue weighted by Crippen LogP contribution is -2.47. The van der Waals surface area contributed by atoms with Crippen LogP contribution in [0.2, 0.25) is 0 Å². The fourth-order valence-electron chi connectivity index (χ4n) is 3.43. The summed E-state index contributed by atoms with van der Waals surface area (Å²) in [6.45, 7) is 2.66. The van der Waals surface area contributed by atoms with Gasteiger partial charge in [0, 0.05) is 44.9 Å². The lowest BCUT2D eigenvalue weighted by Gasteiger charge is -2.34. The molecule has 1 saturated heterocycles. The number of rotatable bonds is 6. The number of carbonyl (C=O) groups is 1. The summed E-state index contributed by atoms with van der Waals surface area (Å²) in [6, 6.07) is 10.7. The van der Waals surface area contributed by atoms with E-state index >= 15 is 0 Å². The number of carbonyl (C=O) groups excluding carboxylic acids is 1. The molecule has 1 amide bonds. The second-order valence-corrected chi connectivity index (χ2v) is 7.28. The van der Waals surface area contributed by atoms with Crippen LogP contribution < -0.4 is 9.47 Å². The van der Waals surface area contributed by atoms with Crippen LogP contribution in [0.4, 0.5) is 13.2 Å². The van der Waals surface area contributed by atoms with Crippen molar-refractivity contribution >= 4 is 12.0 Å². The average molecular weight is 434 g/mol. The first kappa shape index (κ1) is 22.7. The Labute approximate surface area is 179 Å². The van der Waals surface area contributed by atoms with Gasteiger partial charge in [-0.25, -0.2) is 0 Å². The molecule has 0 N–H and O–H groups in total. The molecule has 0 atom stereocenters. The largest absolute Gasteiger partial charge is 0.497 e. The molecular weight excluding hydrogens is 409 g/mol. The number of methoxy groups -OCH3 is 2. The fraction of sp³-hybridized carbons (Fsp3) is 0.348. The summed E-state index contributed by atoms with van der Waals surface area (Å²) < 4.78 is 49.1. The van der Waals surface area contributed by atoms with Gasteiger partial charge >= 0.3 is 6.18 Å². The molecule has 0 bridgehead atoms. The molecule has 31 heavy (non-hydrogen) atoms. The fourth-order valence-corrected chi connectivity index (χ4v) is 3.43. The number of hydrogen-bond donors (Lipinski definition) is 0. The van der Waals surface area contributed by atoms with Gasteiger partial charge in [0.2, 0.25) is 5.91 Å². The topological polar surface area (TPSA) is 42.0 Å². The first-order chi connectivity index (χ1) is 14.8. The molecule has 1 fully saturated rings. The van der Waals surface area contributed by atoms with Crippen molar-refractivity contribution in [2.75, 3.05) is 40.4 Å². The number of hydrogen-bond acceptors (Lipinski definition) is 4. The van der Waals surface area contributed by atoms with Gasteiger partial charge < -0.3 is 14.4 Å². The summed E-state index contributed by atoms with van der Waals surface area (Å²) in [5.41, 5.74) is 0.757. The van der Waals surface area contributed by atoms with Crippen LogP contribution in [0.15, 0.2) is 48.5 Å². The van der Waals surface area contributed by atoms with E-state index in [9.17, 15) is 18.0 Å². The second-order valence-electron chi connectivity index (χ2n) is 7.28. The second kappa shape index (κ2) is 9.87. The molecule has 0 saturated carbocycles. The van der Waals surface area contributed by atoms with Crippen molar-refractivity contribution in [3.8, 4) is 11.5 Å². The zero-order chi connectivity index (χ0) is 22.4. The smallest absolute Gasteiger partial charge is 0.416 e. The van der Waals surface area contributed by atoms with Gasteiger partial charge in [0.1, 0.15) is 11.5 Å². The van der Waals surface area contributed by atoms with Gasteiger partial charge in [0.25, 0.3) is 0 Å². The molecule has 0 aromatic heterocycles. The number of amides is 1. The molecule has 1 aliphatic heterocycles. The predicted molar refractivity (Wildman–Crippen MR) is 112 cm³/mol. The van der Waals surface area contributed by atoms with Gasteiger partial charge in [-0.2, -0.15) is 13.2 Å². The minimum Gasteiger partial charge on any atom is -0.497 e. The summed E-state index contributed by atoms with van der Waals surface area (Å²) in [5, 5.41) is 0. The number of halogens is 3. The molecule has 8 heteroatoms. The number of piperazine rings is 1. The lowest BCUT2D eigenvalue weighted by molar-refractivity contribution is -0.137. The number of benzene rings is 2. The summed E-state index contributed by atoms with van der Waals surface area (Å²) in [5.74, 6) is 1.16. The Kier molecular flexibility index (Phi) is 7.22. The van der Waals surface area contributed by atoms with Gasteiger partial charge in [-0.15, -0.1) is 0 Å². The Morgan fingerprint density at radius 3 is 2.23 bits per heavy atom. The van der Waals surface area contributed by atoms with E-state index in [2.05, 4.69) is 4.90 Å². The van der Waals surface area contributed by atoms with Gasteiger partial charge in [-0.3, -0.25) is 9.69 Å². The van der Waals surface area contributed by atoms with E-state index in [0.717, 1.165) is 11.6 Å². The normalized spacial score (nSPS) is 15.3. The third-order valence-electron chi connectivity index (χ3n) is 5.14. The highest BCUT2D eigenvalue weighted by molar-refractivity contribution is 5.92. The Bertz CT molecular complexity index is 914. The van der Waals surface area contributed by atoms with Crippen molar-refractivity contribution in [3.63, 3.8) is 0 Å². The lowest BCUT2D eigenvalue weighted by atomic mass is 10.1. The highest BCUT2D eigenvalue weighted by Gasteiger charge is 2.30. The molecule has 0 spiro atoms. The van der Waals surface area contributed by atoms with Crippen LogP contribution in [0.5, 0.6) is 11.5 Å². The van der Waals surface area contributed by atoms with E-state index < -0.39 is 11.7 Å². The Balaban J connectivity index is 1.55. The van der Waals surface area contributed by atoms with Crippen molar-refractivity contribution < 1.29 is 27.4 Å². The first-order valence-electron chi connectivity index (χ1n) is 9.87. The van der Waals surface area contributed by atoms with Crippen LogP contribution in [0, 0.1) is 0 Å². The molecule has 0 radical (unpaired) electrons. The summed E-state index contributed by atoms with van der Waals surface area (Å²) >= 11 is 0. The number of nitrogens with zero attached hydrogens (tertiary/aromatic N) is 2. The van der Waals surface area contributed by atoms with Crippen LogP contribution in [0.25, 0.3) is 6.08 Å². The molecule has 1 aliphatic rings. The van der Waals surface area contributed by atoms with E-state index in [1.165, 1.54) is 18.2 Å². The molecule has 2 aromatic rings. The Morgan fingerprint density at radius 2 is 1.65 bits per heavy atom. The zero-order valence-corrected chi connectivity index (χ0v) is 17.5. The molecule has 0 unspecified atom stereocenters. The van der Waals surface area contributed by atoms with Gasteiger partial charge in [-0.1, -0.05) is 18.2 Å². The van der Waals surface area contributed by atoms with Gasteiger partial charge in [-0.05, 0) is 35.4 Å². The SMILES string of the molecule is COc1cc(C=CC(=O)N2CCN(Cc3cccc(C(F)(F)F)c3)CC2)cc(OC)c1. The molecule has 0 aliphatic carbocycles. The van der Waals surface area contributed by atoms with E-state index in [1.807, 2.05) is 0 Å². The van der Waals surface area contributed by atoms with Gasteiger partial charge in [0.05, 0.1) is 19.8 Å². The zero-order valence-electron chi connectivity index (χ0n) is 17.5. The quantitative estimate of drug-likeness (QED) is 0.643. The predicted octanol–water partition coefficient (Wildman–Crippen LogP) is 4.08. The molecule has 3 rings (SSSR count). The van der Waals surface area contributed by atoms with Crippen molar-refractivity contribution in [2.45, 2.75) is 12.7 Å². The number of alkyl halides is 3. The van der Waals surface area contributed by atoms with Crippen LogP contribution in [-0.2, 0) is 17.5 Å². The van der Waals surface area contributed by atoms with Gasteiger partial charge in [0.15, 0.2) is 0 Å².